The molecule has 1 aromatic carbocycles. The van der Waals surface area contributed by atoms with Gasteiger partial charge in [0, 0.05) is 34.9 Å². The summed E-state index contributed by atoms with van der Waals surface area (Å²) in [6, 6.07) is 3.18. The van der Waals surface area contributed by atoms with Crippen LogP contribution in [0.3, 0.4) is 0 Å². The Labute approximate surface area is 125 Å². The van der Waals surface area contributed by atoms with Crippen LogP contribution in [0.1, 0.15) is 16.8 Å². The maximum absolute atomic E-state index is 12.0. The van der Waals surface area contributed by atoms with Crippen LogP contribution in [0, 0.1) is 0 Å². The largest absolute Gasteiger partial charge is 0.486 e. The average Bonchev–Trinajstić information content (AvgIpc) is 2.43. The van der Waals surface area contributed by atoms with E-state index >= 15 is 0 Å². The first kappa shape index (κ1) is 15.1. The summed E-state index contributed by atoms with van der Waals surface area (Å²) in [7, 11) is -0.839. The van der Waals surface area contributed by atoms with Crippen LogP contribution in [0.15, 0.2) is 12.1 Å². The third-order valence-corrected chi connectivity index (χ3v) is 3.90. The second-order valence-electron chi connectivity index (χ2n) is 4.37. The van der Waals surface area contributed by atoms with Crippen molar-refractivity contribution in [1.82, 2.24) is 5.32 Å². The van der Waals surface area contributed by atoms with E-state index < -0.39 is 10.8 Å². The first-order valence-corrected chi connectivity index (χ1v) is 8.36. The summed E-state index contributed by atoms with van der Waals surface area (Å²) in [6.45, 7) is 1.37. The molecule has 0 unspecified atom stereocenters. The molecule has 1 heterocycles. The zero-order chi connectivity index (χ0) is 14.5. The molecule has 0 saturated heterocycles. The smallest absolute Gasteiger partial charge is 0.251 e. The summed E-state index contributed by atoms with van der Waals surface area (Å²) >= 11 is 6.07. The van der Waals surface area contributed by atoms with Crippen molar-refractivity contribution in [3.63, 3.8) is 0 Å². The third kappa shape index (κ3) is 3.86. The van der Waals surface area contributed by atoms with Crippen molar-refractivity contribution in [2.45, 2.75) is 6.42 Å². The minimum Gasteiger partial charge on any atom is -0.486 e. The first-order chi connectivity index (χ1) is 9.58. The molecule has 7 heteroatoms. The second-order valence-corrected chi connectivity index (χ2v) is 6.33. The van der Waals surface area contributed by atoms with Crippen LogP contribution in [-0.2, 0) is 10.8 Å². The Bertz CT molecular complexity index is 535. The van der Waals surface area contributed by atoms with Crippen LogP contribution in [0.2, 0.25) is 5.02 Å². The van der Waals surface area contributed by atoms with E-state index in [-0.39, 0.29) is 5.91 Å². The van der Waals surface area contributed by atoms with E-state index in [0.29, 0.717) is 54.0 Å². The number of rotatable bonds is 5. The molecule has 110 valence electrons. The molecule has 1 aliphatic heterocycles. The van der Waals surface area contributed by atoms with Gasteiger partial charge in [-0.25, -0.2) is 0 Å². The zero-order valence-electron chi connectivity index (χ0n) is 11.1. The lowest BCUT2D eigenvalue weighted by molar-refractivity contribution is 0.0952. The van der Waals surface area contributed by atoms with Crippen molar-refractivity contribution >= 4 is 28.3 Å². The number of ether oxygens (including phenoxy) is 2. The maximum atomic E-state index is 12.0. The fourth-order valence-corrected chi connectivity index (χ4v) is 2.64. The van der Waals surface area contributed by atoms with Gasteiger partial charge < -0.3 is 14.8 Å². The number of fused-ring (bicyclic) bond motifs is 1. The summed E-state index contributed by atoms with van der Waals surface area (Å²) in [4.78, 5) is 12.0. The molecular weight excluding hydrogens is 302 g/mol. The summed E-state index contributed by atoms with van der Waals surface area (Å²) in [6.07, 6.45) is 2.32. The van der Waals surface area contributed by atoms with Crippen LogP contribution in [0.4, 0.5) is 0 Å². The van der Waals surface area contributed by atoms with Crippen molar-refractivity contribution in [3.05, 3.63) is 22.7 Å². The van der Waals surface area contributed by atoms with Gasteiger partial charge in [-0.2, -0.15) is 0 Å². The quantitative estimate of drug-likeness (QED) is 0.838. The second kappa shape index (κ2) is 6.95. The van der Waals surface area contributed by atoms with Crippen molar-refractivity contribution < 1.29 is 18.5 Å². The number of hydrogen-bond donors (Lipinski definition) is 1. The van der Waals surface area contributed by atoms with E-state index in [1.165, 1.54) is 0 Å². The van der Waals surface area contributed by atoms with Crippen molar-refractivity contribution in [2.75, 3.05) is 31.8 Å². The highest BCUT2D eigenvalue weighted by molar-refractivity contribution is 7.84. The Morgan fingerprint density at radius 2 is 2.15 bits per heavy atom. The summed E-state index contributed by atoms with van der Waals surface area (Å²) in [5.74, 6) is 1.31. The van der Waals surface area contributed by atoms with Gasteiger partial charge >= 0.3 is 0 Å². The fraction of sp³-hybridized carbons (Fsp3) is 0.462. The van der Waals surface area contributed by atoms with Crippen LogP contribution >= 0.6 is 11.6 Å². The molecule has 1 aromatic rings. The molecule has 20 heavy (non-hydrogen) atoms. The number of benzene rings is 1. The van der Waals surface area contributed by atoms with Gasteiger partial charge in [-0.3, -0.25) is 9.00 Å². The predicted octanol–water partition coefficient (Wildman–Crippen LogP) is 1.61. The molecule has 5 nitrogen and oxygen atoms in total. The van der Waals surface area contributed by atoms with Gasteiger partial charge in [0.2, 0.25) is 0 Å². The molecule has 0 aromatic heterocycles. The normalized spacial score (nSPS) is 14.7. The van der Waals surface area contributed by atoms with Gasteiger partial charge in [0.1, 0.15) is 13.2 Å². The van der Waals surface area contributed by atoms with Gasteiger partial charge in [-0.1, -0.05) is 11.6 Å². The highest BCUT2D eigenvalue weighted by Crippen LogP contribution is 2.38. The molecule has 0 fully saturated rings. The Morgan fingerprint density at radius 1 is 1.40 bits per heavy atom. The highest BCUT2D eigenvalue weighted by Gasteiger charge is 2.19. The molecule has 0 spiro atoms. The lowest BCUT2D eigenvalue weighted by Crippen LogP contribution is -2.26. The van der Waals surface area contributed by atoms with Crippen molar-refractivity contribution in [3.8, 4) is 11.5 Å². The van der Waals surface area contributed by atoms with E-state index in [2.05, 4.69) is 5.32 Å². The Balaban J connectivity index is 1.99. The average molecular weight is 318 g/mol. The molecule has 0 radical (unpaired) electrons. The highest BCUT2D eigenvalue weighted by atomic mass is 35.5. The van der Waals surface area contributed by atoms with Crippen LogP contribution < -0.4 is 14.8 Å². The Kier molecular flexibility index (Phi) is 5.25. The topological polar surface area (TPSA) is 64.6 Å². The lowest BCUT2D eigenvalue weighted by atomic mass is 10.1. The molecule has 2 rings (SSSR count). The third-order valence-electron chi connectivity index (χ3n) is 2.75. The summed E-state index contributed by atoms with van der Waals surface area (Å²) in [5.41, 5.74) is 0.428. The monoisotopic (exact) mass is 317 g/mol. The minimum atomic E-state index is -0.839. The van der Waals surface area contributed by atoms with Crippen LogP contribution in [-0.4, -0.2) is 41.9 Å². The number of carbonyl (C=O) groups is 1. The summed E-state index contributed by atoms with van der Waals surface area (Å²) in [5, 5.41) is 3.12. The number of halogens is 1. The van der Waals surface area contributed by atoms with E-state index in [1.54, 1.807) is 18.4 Å². The standard InChI is InChI=1S/C13H16ClNO4S/c1-20(17)6-2-3-15-13(16)9-7-10(14)12-11(8-9)18-4-5-19-12/h7-8H,2-6H2,1H3,(H,15,16)/t20-/m1/s1. The van der Waals surface area contributed by atoms with E-state index in [9.17, 15) is 9.00 Å². The summed E-state index contributed by atoms with van der Waals surface area (Å²) < 4.78 is 21.7. The SMILES string of the molecule is C[S@@](=O)CCCNC(=O)c1cc(Cl)c2c(c1)OCCO2. The van der Waals surface area contributed by atoms with E-state index in [4.69, 9.17) is 21.1 Å². The van der Waals surface area contributed by atoms with Crippen LogP contribution in [0.5, 0.6) is 11.5 Å². The Hall–Kier alpha value is -1.27. The molecule has 1 atom stereocenters. The number of carbonyl (C=O) groups excluding carboxylic acids is 1. The molecular formula is C13H16ClNO4S. The van der Waals surface area contributed by atoms with Crippen molar-refractivity contribution in [2.24, 2.45) is 0 Å². The van der Waals surface area contributed by atoms with E-state index in [0.717, 1.165) is 0 Å². The molecule has 0 bridgehead atoms. The Morgan fingerprint density at radius 3 is 2.90 bits per heavy atom. The maximum Gasteiger partial charge on any atom is 0.251 e. The fourth-order valence-electron chi connectivity index (χ4n) is 1.82. The lowest BCUT2D eigenvalue weighted by Gasteiger charge is -2.20. The van der Waals surface area contributed by atoms with Gasteiger partial charge in [0.15, 0.2) is 11.5 Å². The van der Waals surface area contributed by atoms with Gasteiger partial charge in [-0.15, -0.1) is 0 Å². The molecule has 1 aliphatic rings. The molecule has 1 N–H and O–H groups in total. The van der Waals surface area contributed by atoms with E-state index in [1.807, 2.05) is 0 Å². The number of nitrogens with one attached hydrogen (secondary N) is 1. The number of hydrogen-bond acceptors (Lipinski definition) is 4. The van der Waals surface area contributed by atoms with Gasteiger partial charge in [0.05, 0.1) is 5.02 Å². The van der Waals surface area contributed by atoms with Crippen LogP contribution in [0.25, 0.3) is 0 Å². The predicted molar refractivity (Wildman–Crippen MR) is 78.3 cm³/mol. The molecule has 1 amide bonds. The molecule has 0 aliphatic carbocycles. The number of amides is 1. The zero-order valence-corrected chi connectivity index (χ0v) is 12.7. The van der Waals surface area contributed by atoms with Crippen molar-refractivity contribution in [1.29, 1.82) is 0 Å². The molecule has 0 saturated carbocycles. The van der Waals surface area contributed by atoms with Gasteiger partial charge in [0.25, 0.3) is 5.91 Å². The van der Waals surface area contributed by atoms with Gasteiger partial charge in [-0.05, 0) is 18.6 Å². The first-order valence-electron chi connectivity index (χ1n) is 6.25. The minimum absolute atomic E-state index is 0.231.